The monoisotopic (exact) mass is 930 g/mol. The number of pyridine rings is 1. The summed E-state index contributed by atoms with van der Waals surface area (Å²) in [5, 5.41) is 7.18. The molecule has 0 radical (unpaired) electrons. The predicted molar refractivity (Wildman–Crippen MR) is 300 cm³/mol. The third-order valence-electron chi connectivity index (χ3n) is 14.8. The maximum Gasteiger partial charge on any atom is 0.137 e. The second-order valence-corrected chi connectivity index (χ2v) is 20.1. The summed E-state index contributed by atoms with van der Waals surface area (Å²) in [5.74, 6) is 2.37. The minimum atomic E-state index is -0.0328. The van der Waals surface area contributed by atoms with Crippen molar-refractivity contribution in [3.05, 3.63) is 224 Å². The van der Waals surface area contributed by atoms with Crippen molar-refractivity contribution in [3.8, 4) is 39.8 Å². The summed E-state index contributed by atoms with van der Waals surface area (Å²) in [6.07, 6.45) is 2.10. The van der Waals surface area contributed by atoms with Crippen molar-refractivity contribution in [2.75, 3.05) is 16.5 Å². The van der Waals surface area contributed by atoms with Gasteiger partial charge in [0.05, 0.1) is 62.5 Å². The van der Waals surface area contributed by atoms with E-state index in [1.54, 1.807) is 0 Å². The number of anilines is 3. The fraction of sp³-hybridized carbons (Fsp3) is 0.0923. The number of para-hydroxylation sites is 7. The molecule has 0 amide bonds. The molecule has 0 N–H and O–H groups in total. The number of aromatic nitrogens is 4. The summed E-state index contributed by atoms with van der Waals surface area (Å²) in [6, 6.07) is 76.2. The summed E-state index contributed by atoms with van der Waals surface area (Å²) in [7, 11) is 0. The Morgan fingerprint density at radius 1 is 0.417 bits per heavy atom. The van der Waals surface area contributed by atoms with Crippen LogP contribution in [0.1, 0.15) is 26.3 Å². The van der Waals surface area contributed by atoms with Gasteiger partial charge in [-0.25, -0.2) is 4.98 Å². The van der Waals surface area contributed by atoms with Crippen LogP contribution in [0.3, 0.4) is 0 Å². The molecule has 14 rings (SSSR count). The van der Waals surface area contributed by atoms with Gasteiger partial charge in [-0.15, -0.1) is 0 Å². The van der Waals surface area contributed by atoms with Gasteiger partial charge >= 0.3 is 0 Å². The Kier molecular flexibility index (Phi) is 9.29. The Hall–Kier alpha value is -9.07. The highest BCUT2D eigenvalue weighted by Crippen LogP contribution is 2.46. The van der Waals surface area contributed by atoms with Crippen molar-refractivity contribution in [3.63, 3.8) is 0 Å². The molecular weight excluding hydrogens is 881 g/mol. The van der Waals surface area contributed by atoms with Gasteiger partial charge < -0.3 is 23.7 Å². The summed E-state index contributed by atoms with van der Waals surface area (Å²) >= 11 is 0. The van der Waals surface area contributed by atoms with E-state index in [2.05, 4.69) is 264 Å². The van der Waals surface area contributed by atoms with E-state index in [0.717, 1.165) is 102 Å². The number of nitrogens with zero attached hydrogens (tertiary/aromatic N) is 6. The molecule has 0 saturated heterocycles. The zero-order valence-electron chi connectivity index (χ0n) is 40.6. The molecule has 7 nitrogen and oxygen atoms in total. The average Bonchev–Trinajstić information content (AvgIpc) is 4.16. The molecule has 13 aromatic rings. The van der Waals surface area contributed by atoms with E-state index in [4.69, 9.17) is 9.72 Å². The number of rotatable bonds is 7. The van der Waals surface area contributed by atoms with Crippen molar-refractivity contribution in [1.82, 2.24) is 18.7 Å². The molecule has 5 heterocycles. The first-order valence-corrected chi connectivity index (χ1v) is 24.8. The Morgan fingerprint density at radius 2 is 0.875 bits per heavy atom. The van der Waals surface area contributed by atoms with E-state index in [-0.39, 0.29) is 5.54 Å². The molecule has 72 heavy (non-hydrogen) atoms. The van der Waals surface area contributed by atoms with E-state index in [0.29, 0.717) is 0 Å². The molecule has 9 aromatic carbocycles. The number of benzene rings is 9. The van der Waals surface area contributed by atoms with Crippen molar-refractivity contribution < 1.29 is 4.74 Å². The lowest BCUT2D eigenvalue weighted by atomic mass is 9.98. The van der Waals surface area contributed by atoms with Crippen LogP contribution in [0.2, 0.25) is 0 Å². The SMILES string of the molecule is Cc1cc(-n2c3ccccc3c3ccc(Oc4cccc(N5CN(C(C)(C)C)c6ccccc65)c4)cc32)ncc1-c1c(-n2c3ccccc3c3ccccc32)cccc1-n1c2ccccc2c2ccccc21. The Bertz CT molecular complexity index is 4080. The van der Waals surface area contributed by atoms with Gasteiger partial charge in [0.15, 0.2) is 0 Å². The molecule has 0 spiro atoms. The van der Waals surface area contributed by atoms with Gasteiger partial charge in [-0.1, -0.05) is 115 Å². The van der Waals surface area contributed by atoms with Gasteiger partial charge in [0.1, 0.15) is 17.3 Å². The largest absolute Gasteiger partial charge is 0.457 e. The summed E-state index contributed by atoms with van der Waals surface area (Å²) < 4.78 is 14.0. The van der Waals surface area contributed by atoms with Crippen LogP contribution < -0.4 is 14.5 Å². The first-order valence-electron chi connectivity index (χ1n) is 24.8. The highest BCUT2D eigenvalue weighted by atomic mass is 16.5. The average molecular weight is 931 g/mol. The van der Waals surface area contributed by atoms with E-state index in [1.807, 2.05) is 6.07 Å². The van der Waals surface area contributed by atoms with Crippen LogP contribution in [-0.4, -0.2) is 30.9 Å². The van der Waals surface area contributed by atoms with Gasteiger partial charge in [0, 0.05) is 73.0 Å². The quantitative estimate of drug-likeness (QED) is 0.160. The molecule has 0 aliphatic carbocycles. The van der Waals surface area contributed by atoms with E-state index in [1.165, 1.54) is 32.9 Å². The van der Waals surface area contributed by atoms with Crippen LogP contribution in [-0.2, 0) is 0 Å². The van der Waals surface area contributed by atoms with Crippen LogP contribution in [0.15, 0.2) is 219 Å². The minimum Gasteiger partial charge on any atom is -0.457 e. The summed E-state index contributed by atoms with van der Waals surface area (Å²) in [4.78, 5) is 10.3. The van der Waals surface area contributed by atoms with E-state index in [9.17, 15) is 0 Å². The molecule has 0 bridgehead atoms. The van der Waals surface area contributed by atoms with Crippen molar-refractivity contribution in [2.45, 2.75) is 33.2 Å². The standard InChI is InChI=1S/C65H50N6O/c1-42-37-63(71-57-30-14-9-25-50(57)51-36-35-45(39-62(51)71)72-44-20-17-19-43(38-44)67-41-68(65(2,3)4)59-32-16-15-31-58(59)67)66-40-52(42)64-60(69-53-26-10-5-21-46(53)47-22-6-11-27-54(47)69)33-18-34-61(64)70-55-28-12-7-23-48(55)49-24-8-13-29-56(49)70/h5-40H,41H2,1-4H3. The van der Waals surface area contributed by atoms with Crippen molar-refractivity contribution >= 4 is 82.5 Å². The van der Waals surface area contributed by atoms with Gasteiger partial charge in [-0.3, -0.25) is 4.57 Å². The van der Waals surface area contributed by atoms with Gasteiger partial charge in [0.25, 0.3) is 0 Å². The molecular formula is C65H50N6O. The lowest BCUT2D eigenvalue weighted by Gasteiger charge is -2.34. The zero-order chi connectivity index (χ0) is 48.2. The van der Waals surface area contributed by atoms with Gasteiger partial charge in [-0.05, 0) is 118 Å². The van der Waals surface area contributed by atoms with Gasteiger partial charge in [-0.2, -0.15) is 0 Å². The maximum absolute atomic E-state index is 6.80. The molecule has 0 unspecified atom stereocenters. The molecule has 7 heteroatoms. The maximum atomic E-state index is 6.80. The number of fused-ring (bicyclic) bond motifs is 10. The van der Waals surface area contributed by atoms with Crippen LogP contribution in [0.4, 0.5) is 17.1 Å². The molecule has 4 aromatic heterocycles. The number of ether oxygens (including phenoxy) is 1. The van der Waals surface area contributed by atoms with Crippen LogP contribution in [0.25, 0.3) is 93.7 Å². The molecule has 346 valence electrons. The normalized spacial score (nSPS) is 12.9. The molecule has 0 atom stereocenters. The molecule has 1 aliphatic rings. The molecule has 0 fully saturated rings. The third-order valence-corrected chi connectivity index (χ3v) is 14.8. The summed E-state index contributed by atoms with van der Waals surface area (Å²) in [5.41, 5.74) is 15.7. The Morgan fingerprint density at radius 3 is 1.42 bits per heavy atom. The fourth-order valence-corrected chi connectivity index (χ4v) is 11.6. The predicted octanol–water partition coefficient (Wildman–Crippen LogP) is 16.9. The smallest absolute Gasteiger partial charge is 0.137 e. The third kappa shape index (κ3) is 6.40. The van der Waals surface area contributed by atoms with Crippen LogP contribution in [0.5, 0.6) is 11.5 Å². The number of hydrogen-bond acceptors (Lipinski definition) is 4. The second-order valence-electron chi connectivity index (χ2n) is 20.1. The first-order chi connectivity index (χ1) is 35.3. The van der Waals surface area contributed by atoms with E-state index >= 15 is 0 Å². The minimum absolute atomic E-state index is 0.0328. The Balaban J connectivity index is 0.924. The molecule has 0 saturated carbocycles. The van der Waals surface area contributed by atoms with Crippen LogP contribution in [0, 0.1) is 6.92 Å². The molecule has 1 aliphatic heterocycles. The second kappa shape index (κ2) is 16.0. The summed E-state index contributed by atoms with van der Waals surface area (Å²) in [6.45, 7) is 9.80. The van der Waals surface area contributed by atoms with Crippen LogP contribution >= 0.6 is 0 Å². The lowest BCUT2D eigenvalue weighted by molar-refractivity contribution is 0.483. The highest BCUT2D eigenvalue weighted by molar-refractivity contribution is 6.13. The number of aryl methyl sites for hydroxylation is 1. The fourth-order valence-electron chi connectivity index (χ4n) is 11.6. The Labute approximate surface area is 417 Å². The topological polar surface area (TPSA) is 43.4 Å². The highest BCUT2D eigenvalue weighted by Gasteiger charge is 2.33. The number of hydrogen-bond donors (Lipinski definition) is 0. The zero-order valence-corrected chi connectivity index (χ0v) is 40.6. The first kappa shape index (κ1) is 41.9. The van der Waals surface area contributed by atoms with Crippen molar-refractivity contribution in [2.24, 2.45) is 0 Å². The van der Waals surface area contributed by atoms with E-state index < -0.39 is 0 Å². The lowest BCUT2D eigenvalue weighted by Crippen LogP contribution is -2.42. The van der Waals surface area contributed by atoms with Gasteiger partial charge in [0.2, 0.25) is 0 Å². The van der Waals surface area contributed by atoms with Crippen molar-refractivity contribution in [1.29, 1.82) is 0 Å².